The van der Waals surface area contributed by atoms with Crippen LogP contribution in [0.5, 0.6) is 0 Å². The van der Waals surface area contributed by atoms with E-state index in [1.54, 1.807) is 11.8 Å². The van der Waals surface area contributed by atoms with E-state index >= 15 is 0 Å². The maximum absolute atomic E-state index is 12.1. The van der Waals surface area contributed by atoms with Gasteiger partial charge in [0.2, 0.25) is 0 Å². The second-order valence-corrected chi connectivity index (χ2v) is 6.78. The quantitative estimate of drug-likeness (QED) is 0.176. The smallest absolute Gasteiger partial charge is 0.356 e. The molecule has 26 heavy (non-hydrogen) atoms. The Labute approximate surface area is 174 Å². The zero-order valence-electron chi connectivity index (χ0n) is 15.6. The van der Waals surface area contributed by atoms with Crippen LogP contribution in [0.1, 0.15) is 32.5 Å². The molecule has 0 aromatic carbocycles. The van der Waals surface area contributed by atoms with Crippen molar-refractivity contribution in [3.63, 3.8) is 0 Å². The molecule has 1 aromatic heterocycles. The maximum atomic E-state index is 12.1. The van der Waals surface area contributed by atoms with Crippen LogP contribution >= 0.6 is 35.7 Å². The van der Waals surface area contributed by atoms with Crippen molar-refractivity contribution in [2.75, 3.05) is 26.4 Å². The van der Waals surface area contributed by atoms with E-state index in [2.05, 4.69) is 44.2 Å². The monoisotopic (exact) mass is 508 g/mol. The minimum Gasteiger partial charge on any atom is -0.356 e. The highest BCUT2D eigenvalue weighted by atomic mass is 127. The van der Waals surface area contributed by atoms with E-state index in [1.165, 1.54) is 7.05 Å². The number of aromatic nitrogens is 3. The summed E-state index contributed by atoms with van der Waals surface area (Å²) < 4.78 is 38.6. The summed E-state index contributed by atoms with van der Waals surface area (Å²) in [6.07, 6.45) is -1.55. The molecule has 0 saturated carbocycles. The molecule has 0 spiro atoms. The zero-order chi connectivity index (χ0) is 18.9. The van der Waals surface area contributed by atoms with Gasteiger partial charge in [0.1, 0.15) is 5.82 Å². The summed E-state index contributed by atoms with van der Waals surface area (Å²) >= 11 is 1.57. The predicted octanol–water partition coefficient (Wildman–Crippen LogP) is 3.32. The van der Waals surface area contributed by atoms with Crippen molar-refractivity contribution in [1.82, 2.24) is 25.4 Å². The number of guanidine groups is 1. The van der Waals surface area contributed by atoms with Crippen LogP contribution in [0.4, 0.5) is 13.2 Å². The summed E-state index contributed by atoms with van der Waals surface area (Å²) in [5.41, 5.74) is 0. The number of halogens is 4. The Hall–Kier alpha value is -0.720. The van der Waals surface area contributed by atoms with Crippen LogP contribution in [-0.2, 0) is 13.0 Å². The molecule has 0 aliphatic rings. The van der Waals surface area contributed by atoms with Gasteiger partial charge in [-0.2, -0.15) is 13.2 Å². The highest BCUT2D eigenvalue weighted by molar-refractivity contribution is 14.0. The summed E-state index contributed by atoms with van der Waals surface area (Å²) in [7, 11) is 1.53. The molecule has 152 valence electrons. The first-order valence-electron chi connectivity index (χ1n) is 8.24. The van der Waals surface area contributed by atoms with Gasteiger partial charge < -0.3 is 15.2 Å². The van der Waals surface area contributed by atoms with E-state index in [1.807, 2.05) is 6.26 Å². The number of nitrogens with one attached hydrogen (secondary N) is 2. The Morgan fingerprint density at radius 3 is 2.42 bits per heavy atom. The molecule has 2 N–H and O–H groups in total. The van der Waals surface area contributed by atoms with Gasteiger partial charge in [-0.3, -0.25) is 4.99 Å². The van der Waals surface area contributed by atoms with Crippen LogP contribution in [0.3, 0.4) is 0 Å². The first kappa shape index (κ1) is 25.3. The van der Waals surface area contributed by atoms with Gasteiger partial charge in [0.25, 0.3) is 0 Å². The third-order valence-corrected chi connectivity index (χ3v) is 3.99. The van der Waals surface area contributed by atoms with Gasteiger partial charge in [-0.15, -0.1) is 34.2 Å². The predicted molar refractivity (Wildman–Crippen MR) is 110 cm³/mol. The lowest BCUT2D eigenvalue weighted by Gasteiger charge is -2.13. The van der Waals surface area contributed by atoms with Crippen LogP contribution in [0.25, 0.3) is 0 Å². The molecular formula is C15H28F3IN6S. The number of rotatable bonds is 9. The molecular weight excluding hydrogens is 480 g/mol. The van der Waals surface area contributed by atoms with E-state index in [4.69, 9.17) is 0 Å². The fourth-order valence-corrected chi connectivity index (χ4v) is 2.72. The van der Waals surface area contributed by atoms with Crippen molar-refractivity contribution in [2.24, 2.45) is 10.9 Å². The fourth-order valence-electron chi connectivity index (χ4n) is 2.20. The summed E-state index contributed by atoms with van der Waals surface area (Å²) in [6.45, 7) is 5.56. The Balaban J connectivity index is 0.00000625. The Morgan fingerprint density at radius 2 is 1.88 bits per heavy atom. The topological polar surface area (TPSA) is 67.1 Å². The van der Waals surface area contributed by atoms with Crippen molar-refractivity contribution in [3.8, 4) is 0 Å². The molecule has 0 radical (unpaired) electrons. The van der Waals surface area contributed by atoms with Gasteiger partial charge in [-0.05, 0) is 18.6 Å². The highest BCUT2D eigenvalue weighted by Gasteiger charge is 2.26. The summed E-state index contributed by atoms with van der Waals surface area (Å²) in [4.78, 5) is 3.92. The number of hydrogen-bond acceptors (Lipinski definition) is 4. The summed E-state index contributed by atoms with van der Waals surface area (Å²) in [5, 5.41) is 15.0. The summed E-state index contributed by atoms with van der Waals surface area (Å²) in [6, 6.07) is 0. The second kappa shape index (κ2) is 12.6. The van der Waals surface area contributed by atoms with E-state index in [-0.39, 0.29) is 30.5 Å². The van der Waals surface area contributed by atoms with E-state index in [0.717, 1.165) is 30.4 Å². The van der Waals surface area contributed by atoms with Gasteiger partial charge in [-0.1, -0.05) is 25.6 Å². The molecule has 0 amide bonds. The molecule has 1 rings (SSSR count). The SMILES string of the molecule is CN=C(NCCCc1nnc(SC)n1CC(C)C)NCCC(F)(F)F.I. The molecule has 0 bridgehead atoms. The number of hydrogen-bond donors (Lipinski definition) is 2. The molecule has 1 aromatic rings. The lowest BCUT2D eigenvalue weighted by atomic mass is 10.2. The first-order valence-corrected chi connectivity index (χ1v) is 9.46. The van der Waals surface area contributed by atoms with Crippen molar-refractivity contribution < 1.29 is 13.2 Å². The normalized spacial score (nSPS) is 12.2. The van der Waals surface area contributed by atoms with Gasteiger partial charge in [0.05, 0.1) is 6.42 Å². The number of thioether (sulfide) groups is 1. The largest absolute Gasteiger partial charge is 0.390 e. The average molecular weight is 508 g/mol. The molecule has 0 saturated heterocycles. The number of aryl methyl sites for hydroxylation is 1. The van der Waals surface area contributed by atoms with Crippen LogP contribution < -0.4 is 10.6 Å². The zero-order valence-corrected chi connectivity index (χ0v) is 18.7. The van der Waals surface area contributed by atoms with Gasteiger partial charge in [-0.25, -0.2) is 0 Å². The van der Waals surface area contributed by atoms with Crippen LogP contribution in [0.2, 0.25) is 0 Å². The molecule has 6 nitrogen and oxygen atoms in total. The molecule has 11 heteroatoms. The van der Waals surface area contributed by atoms with Crippen LogP contribution in [0.15, 0.2) is 10.1 Å². The standard InChI is InChI=1S/C15H27F3N6S.HI/c1-11(2)10-24-12(22-23-14(24)25-4)6-5-8-20-13(19-3)21-9-7-15(16,17)18;/h11H,5-10H2,1-4H3,(H2,19,20,21);1H. The van der Waals surface area contributed by atoms with Crippen molar-refractivity contribution in [1.29, 1.82) is 0 Å². The molecule has 0 atom stereocenters. The molecule has 0 fully saturated rings. The van der Waals surface area contributed by atoms with E-state index < -0.39 is 12.6 Å². The molecule has 0 aliphatic carbocycles. The average Bonchev–Trinajstić information content (AvgIpc) is 2.89. The first-order chi connectivity index (χ1) is 11.8. The van der Waals surface area contributed by atoms with Gasteiger partial charge >= 0.3 is 6.18 Å². The van der Waals surface area contributed by atoms with Crippen molar-refractivity contribution in [3.05, 3.63) is 5.82 Å². The third-order valence-electron chi connectivity index (χ3n) is 3.32. The molecule has 0 aliphatic heterocycles. The lowest BCUT2D eigenvalue weighted by molar-refractivity contribution is -0.132. The maximum Gasteiger partial charge on any atom is 0.390 e. The molecule has 1 heterocycles. The number of nitrogens with zero attached hydrogens (tertiary/aromatic N) is 4. The Kier molecular flexibility index (Phi) is 12.3. The fraction of sp³-hybridized carbons (Fsp3) is 0.800. The van der Waals surface area contributed by atoms with Crippen LogP contribution in [0, 0.1) is 5.92 Å². The van der Waals surface area contributed by atoms with E-state index in [0.29, 0.717) is 18.4 Å². The minimum absolute atomic E-state index is 0. The van der Waals surface area contributed by atoms with Gasteiger partial charge in [0.15, 0.2) is 11.1 Å². The van der Waals surface area contributed by atoms with Crippen LogP contribution in [-0.4, -0.2) is 53.3 Å². The Bertz CT molecular complexity index is 548. The third kappa shape index (κ3) is 9.83. The Morgan fingerprint density at radius 1 is 1.23 bits per heavy atom. The second-order valence-electron chi connectivity index (χ2n) is 6.00. The minimum atomic E-state index is -4.17. The van der Waals surface area contributed by atoms with E-state index in [9.17, 15) is 13.2 Å². The van der Waals surface area contributed by atoms with Crippen molar-refractivity contribution in [2.45, 2.75) is 51.0 Å². The van der Waals surface area contributed by atoms with Gasteiger partial charge in [0, 0.05) is 33.1 Å². The highest BCUT2D eigenvalue weighted by Crippen LogP contribution is 2.18. The lowest BCUT2D eigenvalue weighted by Crippen LogP contribution is -2.39. The molecule has 0 unspecified atom stereocenters. The summed E-state index contributed by atoms with van der Waals surface area (Å²) in [5.74, 6) is 1.80. The number of alkyl halides is 3. The van der Waals surface area contributed by atoms with Crippen molar-refractivity contribution >= 4 is 41.7 Å². The number of aliphatic imine (C=N–C) groups is 1.